The number of carbonyl (C=O) groups excluding carboxylic acids is 2. The highest BCUT2D eigenvalue weighted by atomic mass is 35.5. The van der Waals surface area contributed by atoms with E-state index in [2.05, 4.69) is 72.1 Å². The van der Waals surface area contributed by atoms with Crippen LogP contribution in [-0.2, 0) is 83.2 Å². The van der Waals surface area contributed by atoms with Gasteiger partial charge in [-0.2, -0.15) is 0 Å². The fraction of sp³-hybridized carbons (Fsp3) is 0.682. The number of aliphatic hydroxyl groups is 1. The number of hydrogen-bond donors (Lipinski definition) is 2. The minimum atomic E-state index is -0.774. The minimum Gasteiger partial charge on any atom is -0.496 e. The maximum atomic E-state index is 12.6. The van der Waals surface area contributed by atoms with Gasteiger partial charge in [-0.15, -0.1) is 69.6 Å². The standard InChI is InChI=1S/C44H75Cl2N3O4.C22H29Cl2N3O3.C16H21Cl2N3O2.C6H10O2/c1-3-4-5-6-7-8-9-10-11-12-13-14-15-16-17-18-19-20-21-22-35-51-44-28-23-25-39(53-44)37-52-43(50)27-24-26-42-47-40-36-38(29-30-41(40)48(42)2)49(33-31-45)34-32-46;1-26-20-9-8-17(27(12-10-23)13-11-24)15-19(20)25-21(26)6-4-7-22(28)30-16-18-5-2-3-14-29-18;1-20-14-6-5-12(21(9-7-17)10-8-18)11-13(14)19-15(20)3-2-4-16(22)23;7-5-6-3-1-2-4-8-6/h29-30,36,39,44H,3-28,31-35,37H2,1-2H3;3,8-9,14-15,18H,2,4-7,10-13,16H2,1H3;5-6,11H,2-4,7-10H2,1H3,(H,22,23);2,4,6-7H,1,3,5H2. The van der Waals surface area contributed by atoms with Gasteiger partial charge in [0.15, 0.2) is 6.29 Å². The number of carboxylic acids is 1. The van der Waals surface area contributed by atoms with Crippen molar-refractivity contribution < 1.29 is 53.0 Å². The number of fused-ring (bicyclic) bond motifs is 3. The lowest BCUT2D eigenvalue weighted by atomic mass is 10.0. The molecular weight excluding hydrogens is 1570 g/mol. The molecule has 3 aromatic heterocycles. The minimum absolute atomic E-state index is 0.0230. The van der Waals surface area contributed by atoms with E-state index in [9.17, 15) is 14.4 Å². The van der Waals surface area contributed by atoms with Gasteiger partial charge in [0.05, 0.1) is 58.3 Å². The Bertz CT molecular complexity index is 3650. The summed E-state index contributed by atoms with van der Waals surface area (Å²) in [5, 5.41) is 17.3. The van der Waals surface area contributed by atoms with Crippen molar-refractivity contribution in [3.05, 3.63) is 96.7 Å². The molecule has 1 saturated heterocycles. The summed E-state index contributed by atoms with van der Waals surface area (Å²) >= 11 is 35.6. The summed E-state index contributed by atoms with van der Waals surface area (Å²) in [7, 11) is 5.99. The number of carbonyl (C=O) groups is 3. The fourth-order valence-electron chi connectivity index (χ4n) is 14.5. The van der Waals surface area contributed by atoms with Crippen LogP contribution in [0, 0.1) is 0 Å². The van der Waals surface area contributed by atoms with E-state index < -0.39 is 5.97 Å². The van der Waals surface area contributed by atoms with Crippen molar-refractivity contribution in [1.82, 2.24) is 28.7 Å². The van der Waals surface area contributed by atoms with Crippen molar-refractivity contribution in [3.8, 4) is 0 Å². The van der Waals surface area contributed by atoms with Gasteiger partial charge in [0.2, 0.25) is 0 Å². The molecule has 114 heavy (non-hydrogen) atoms. The third kappa shape index (κ3) is 37.3. The second kappa shape index (κ2) is 59.3. The Morgan fingerprint density at radius 1 is 0.456 bits per heavy atom. The van der Waals surface area contributed by atoms with Gasteiger partial charge in [-0.05, 0) is 137 Å². The second-order valence-corrected chi connectivity index (χ2v) is 32.3. The van der Waals surface area contributed by atoms with Crippen molar-refractivity contribution in [3.63, 3.8) is 0 Å². The molecule has 4 atom stereocenters. The Kier molecular flexibility index (Phi) is 50.7. The van der Waals surface area contributed by atoms with Crippen LogP contribution in [0.2, 0.25) is 0 Å². The Labute approximate surface area is 710 Å². The molecule has 1 fully saturated rings. The molecule has 20 nitrogen and oxygen atoms in total. The zero-order valence-corrected chi connectivity index (χ0v) is 73.5. The van der Waals surface area contributed by atoms with Crippen molar-refractivity contribution in [2.24, 2.45) is 21.1 Å². The molecule has 3 aliphatic rings. The Balaban J connectivity index is 0.000000276. The van der Waals surface area contributed by atoms with E-state index in [1.807, 2.05) is 56.1 Å². The van der Waals surface area contributed by atoms with Gasteiger partial charge in [-0.3, -0.25) is 14.4 Å². The number of hydrogen-bond acceptors (Lipinski definition) is 16. The second-order valence-electron chi connectivity index (χ2n) is 30.0. The number of rotatable bonds is 54. The highest BCUT2D eigenvalue weighted by molar-refractivity contribution is 6.19. The smallest absolute Gasteiger partial charge is 0.305 e. The predicted octanol–water partition coefficient (Wildman–Crippen LogP) is 20.8. The van der Waals surface area contributed by atoms with Crippen molar-refractivity contribution in [2.45, 2.75) is 263 Å². The van der Waals surface area contributed by atoms with Gasteiger partial charge < -0.3 is 67.0 Å². The molecule has 640 valence electrons. The molecule has 0 spiro atoms. The van der Waals surface area contributed by atoms with Gasteiger partial charge in [0.1, 0.15) is 42.9 Å². The zero-order valence-electron chi connectivity index (χ0n) is 68.9. The molecule has 0 radical (unpaired) electrons. The van der Waals surface area contributed by atoms with Crippen molar-refractivity contribution in [1.29, 1.82) is 0 Å². The number of alkyl halides is 6. The first-order chi connectivity index (χ1) is 55.7. The lowest BCUT2D eigenvalue weighted by Crippen LogP contribution is -2.33. The number of aromatic nitrogens is 6. The molecular formula is C88H135Cl6N9O11. The van der Waals surface area contributed by atoms with Crippen LogP contribution in [0.4, 0.5) is 17.1 Å². The molecule has 26 heteroatoms. The molecule has 6 heterocycles. The van der Waals surface area contributed by atoms with E-state index in [1.54, 1.807) is 12.5 Å². The molecule has 3 aliphatic heterocycles. The largest absolute Gasteiger partial charge is 0.496 e. The van der Waals surface area contributed by atoms with E-state index in [4.69, 9.17) is 118 Å². The average molecular weight is 1710 g/mol. The summed E-state index contributed by atoms with van der Waals surface area (Å²) in [6, 6.07) is 18.6. The number of aliphatic carboxylic acids is 1. The third-order valence-corrected chi connectivity index (χ3v) is 22.2. The highest BCUT2D eigenvalue weighted by Gasteiger charge is 2.25. The molecule has 0 amide bonds. The highest BCUT2D eigenvalue weighted by Crippen LogP contribution is 2.29. The summed E-state index contributed by atoms with van der Waals surface area (Å²) in [5.74, 6) is 4.92. The number of ether oxygens (including phenoxy) is 6. The summed E-state index contributed by atoms with van der Waals surface area (Å²) in [5.41, 5.74) is 9.14. The SMILES string of the molecule is CCCCCCCCCCCCCCCCCCCCCCOC1CCCC(COC(=O)CCCc2nc3cc(N(CCCl)CCCl)ccc3n2C)O1.Cn1c(CCCC(=O)O)nc2cc(N(CCCl)CCCl)ccc21.Cn1c(CCCC(=O)OCC2CCC=CO2)nc2cc(N(CCCl)CCCl)ccc21.OCC1CCC=CO1. The van der Waals surface area contributed by atoms with Gasteiger partial charge >= 0.3 is 17.9 Å². The van der Waals surface area contributed by atoms with Crippen LogP contribution in [0.1, 0.15) is 236 Å². The van der Waals surface area contributed by atoms with E-state index in [0.717, 1.165) is 165 Å². The molecule has 6 aromatic rings. The summed E-state index contributed by atoms with van der Waals surface area (Å²) in [6.07, 6.45) is 46.5. The van der Waals surface area contributed by atoms with Crippen LogP contribution in [0.3, 0.4) is 0 Å². The van der Waals surface area contributed by atoms with Crippen LogP contribution in [0.15, 0.2) is 79.3 Å². The van der Waals surface area contributed by atoms with Crippen LogP contribution < -0.4 is 14.7 Å². The number of aryl methyl sites for hydroxylation is 6. The van der Waals surface area contributed by atoms with Gasteiger partial charge in [0.25, 0.3) is 0 Å². The third-order valence-electron chi connectivity index (χ3n) is 21.2. The van der Waals surface area contributed by atoms with E-state index in [0.29, 0.717) is 99.9 Å². The number of unbranched alkanes of at least 4 members (excludes halogenated alkanes) is 19. The normalized spacial score (nSPS) is 15.8. The maximum absolute atomic E-state index is 12.6. The molecule has 0 saturated carbocycles. The van der Waals surface area contributed by atoms with E-state index >= 15 is 0 Å². The number of imidazole rings is 3. The Morgan fingerprint density at radius 2 is 0.807 bits per heavy atom. The number of benzene rings is 3. The predicted molar refractivity (Wildman–Crippen MR) is 472 cm³/mol. The Morgan fingerprint density at radius 3 is 1.14 bits per heavy atom. The van der Waals surface area contributed by atoms with Crippen molar-refractivity contribution in [2.75, 3.05) is 116 Å². The first kappa shape index (κ1) is 97.4. The lowest BCUT2D eigenvalue weighted by Gasteiger charge is -2.29. The number of halogens is 6. The van der Waals surface area contributed by atoms with Gasteiger partial charge in [0, 0.05) is 158 Å². The van der Waals surface area contributed by atoms with Crippen molar-refractivity contribution >= 4 is 138 Å². The fourth-order valence-corrected chi connectivity index (χ4v) is 15.7. The Hall–Kier alpha value is -5.42. The molecule has 0 aliphatic carbocycles. The van der Waals surface area contributed by atoms with Crippen LogP contribution >= 0.6 is 69.6 Å². The number of esters is 2. The number of allylic oxidation sites excluding steroid dienone is 2. The molecule has 3 aromatic carbocycles. The number of nitrogens with zero attached hydrogens (tertiary/aromatic N) is 9. The number of carboxylic acid groups (broad SMARTS) is 1. The maximum Gasteiger partial charge on any atom is 0.305 e. The monoisotopic (exact) mass is 1700 g/mol. The molecule has 0 bridgehead atoms. The van der Waals surface area contributed by atoms with Gasteiger partial charge in [-0.25, -0.2) is 15.0 Å². The molecule has 4 unspecified atom stereocenters. The summed E-state index contributed by atoms with van der Waals surface area (Å²) < 4.78 is 39.8. The average Bonchev–Trinajstić information content (AvgIpc) is 1.67. The van der Waals surface area contributed by atoms with E-state index in [-0.39, 0.29) is 49.6 Å². The van der Waals surface area contributed by atoms with Crippen LogP contribution in [0.25, 0.3) is 33.1 Å². The van der Waals surface area contributed by atoms with Crippen LogP contribution in [-0.4, -0.2) is 182 Å². The number of anilines is 3. The quantitative estimate of drug-likeness (QED) is 0.0207. The number of aliphatic hydroxyl groups excluding tert-OH is 1. The van der Waals surface area contributed by atoms with Crippen LogP contribution in [0.5, 0.6) is 0 Å². The molecule has 2 N–H and O–H groups in total. The molecule has 9 rings (SSSR count). The zero-order chi connectivity index (χ0) is 81.8. The summed E-state index contributed by atoms with van der Waals surface area (Å²) in [4.78, 5) is 56.0. The van der Waals surface area contributed by atoms with Gasteiger partial charge in [-0.1, -0.05) is 129 Å². The topological polar surface area (TPSA) is 210 Å². The summed E-state index contributed by atoms with van der Waals surface area (Å²) in [6.45, 7) is 8.23. The lowest BCUT2D eigenvalue weighted by molar-refractivity contribution is -0.206. The first-order valence-corrected chi connectivity index (χ1v) is 45.9. The van der Waals surface area contributed by atoms with E-state index in [1.165, 1.54) is 122 Å². The first-order valence-electron chi connectivity index (χ1n) is 42.7.